The largest absolute Gasteiger partial charge is 0.371 e. The van der Waals surface area contributed by atoms with Crippen molar-refractivity contribution in [2.24, 2.45) is 5.92 Å². The van der Waals surface area contributed by atoms with Crippen molar-refractivity contribution in [3.63, 3.8) is 0 Å². The minimum absolute atomic E-state index is 0.111. The lowest BCUT2D eigenvalue weighted by atomic mass is 10.1. The van der Waals surface area contributed by atoms with Crippen LogP contribution < -0.4 is 4.90 Å². The van der Waals surface area contributed by atoms with Crippen LogP contribution in [0.1, 0.15) is 25.3 Å². The lowest BCUT2D eigenvalue weighted by Gasteiger charge is -2.19. The van der Waals surface area contributed by atoms with Crippen molar-refractivity contribution in [2.45, 2.75) is 25.6 Å². The topological polar surface area (TPSA) is 46.4 Å². The summed E-state index contributed by atoms with van der Waals surface area (Å²) >= 11 is 5.79. The van der Waals surface area contributed by atoms with Gasteiger partial charge >= 0.3 is 0 Å². The van der Waals surface area contributed by atoms with Crippen LogP contribution in [-0.4, -0.2) is 18.0 Å². The summed E-state index contributed by atoms with van der Waals surface area (Å²) in [4.78, 5) is 12.8. The van der Waals surface area contributed by atoms with Gasteiger partial charge in [-0.1, -0.05) is 13.3 Å². The summed E-state index contributed by atoms with van der Waals surface area (Å²) in [6, 6.07) is 5.24. The number of hydrogen-bond donors (Lipinski definition) is 0. The van der Waals surface area contributed by atoms with Gasteiger partial charge in [-0.25, -0.2) is 0 Å². The van der Waals surface area contributed by atoms with Crippen molar-refractivity contribution in [1.29, 1.82) is 0 Å². The molecule has 1 fully saturated rings. The summed E-state index contributed by atoms with van der Waals surface area (Å²) in [5.74, 6) is 0.912. The Kier molecular flexibility index (Phi) is 4.07. The molecule has 1 heterocycles. The van der Waals surface area contributed by atoms with Gasteiger partial charge in [-0.15, -0.1) is 11.6 Å². The maximum Gasteiger partial charge on any atom is 0.273 e. The lowest BCUT2D eigenvalue weighted by Crippen LogP contribution is -2.19. The van der Waals surface area contributed by atoms with E-state index >= 15 is 0 Å². The molecule has 1 atom stereocenters. The van der Waals surface area contributed by atoms with Crippen LogP contribution in [0.3, 0.4) is 0 Å². The summed E-state index contributed by atoms with van der Waals surface area (Å²) in [5.41, 5.74) is 1.76. The fraction of sp³-hybridized carbons (Fsp3) is 0.538. The zero-order valence-corrected chi connectivity index (χ0v) is 11.2. The zero-order valence-electron chi connectivity index (χ0n) is 10.4. The molecule has 0 amide bonds. The number of nitro groups is 1. The fourth-order valence-electron chi connectivity index (χ4n) is 2.45. The fourth-order valence-corrected chi connectivity index (χ4v) is 2.67. The van der Waals surface area contributed by atoms with Gasteiger partial charge in [0.2, 0.25) is 0 Å². The number of anilines is 1. The number of rotatable bonds is 4. The molecule has 18 heavy (non-hydrogen) atoms. The molecule has 0 radical (unpaired) electrons. The average Bonchev–Trinajstić information content (AvgIpc) is 2.86. The highest BCUT2D eigenvalue weighted by Crippen LogP contribution is 2.30. The minimum atomic E-state index is -0.375. The van der Waals surface area contributed by atoms with Crippen LogP contribution in [0.25, 0.3) is 0 Å². The van der Waals surface area contributed by atoms with Gasteiger partial charge in [0, 0.05) is 30.4 Å². The van der Waals surface area contributed by atoms with Gasteiger partial charge in [-0.2, -0.15) is 0 Å². The molecule has 0 aliphatic carbocycles. The number of nitrogens with zero attached hydrogens (tertiary/aromatic N) is 2. The van der Waals surface area contributed by atoms with Crippen LogP contribution in [0.5, 0.6) is 0 Å². The second-order valence-electron chi connectivity index (χ2n) is 4.71. The van der Waals surface area contributed by atoms with Crippen LogP contribution in [0, 0.1) is 16.0 Å². The summed E-state index contributed by atoms with van der Waals surface area (Å²) in [5, 5.41) is 10.8. The molecule has 2 rings (SSSR count). The highest BCUT2D eigenvalue weighted by molar-refractivity contribution is 6.17. The van der Waals surface area contributed by atoms with E-state index in [9.17, 15) is 10.1 Å². The van der Waals surface area contributed by atoms with Crippen molar-refractivity contribution >= 4 is 23.0 Å². The van der Waals surface area contributed by atoms with E-state index in [0.29, 0.717) is 5.56 Å². The highest BCUT2D eigenvalue weighted by Gasteiger charge is 2.22. The van der Waals surface area contributed by atoms with E-state index in [4.69, 9.17) is 11.6 Å². The molecule has 0 spiro atoms. The lowest BCUT2D eigenvalue weighted by molar-refractivity contribution is -0.385. The van der Waals surface area contributed by atoms with Crippen LogP contribution in [0.4, 0.5) is 11.4 Å². The normalized spacial score (nSPS) is 19.2. The number of nitro benzene ring substituents is 1. The van der Waals surface area contributed by atoms with Crippen LogP contribution >= 0.6 is 11.6 Å². The summed E-state index contributed by atoms with van der Waals surface area (Å²) in [7, 11) is 0. The van der Waals surface area contributed by atoms with Crippen molar-refractivity contribution in [3.05, 3.63) is 33.9 Å². The Morgan fingerprint density at radius 1 is 1.56 bits per heavy atom. The van der Waals surface area contributed by atoms with Crippen molar-refractivity contribution < 1.29 is 4.92 Å². The molecule has 0 aromatic heterocycles. The Balaban J connectivity index is 2.22. The SMILES string of the molecule is CCC1CCN(c2ccc([N+](=O)[O-])c(CCl)c2)C1. The number of alkyl halides is 1. The van der Waals surface area contributed by atoms with E-state index < -0.39 is 0 Å². The van der Waals surface area contributed by atoms with Crippen LogP contribution in [0.15, 0.2) is 18.2 Å². The maximum absolute atomic E-state index is 10.8. The number of halogens is 1. The summed E-state index contributed by atoms with van der Waals surface area (Å²) < 4.78 is 0. The average molecular weight is 269 g/mol. The molecule has 0 saturated carbocycles. The first-order valence-electron chi connectivity index (χ1n) is 6.24. The first-order valence-corrected chi connectivity index (χ1v) is 6.77. The number of hydrogen-bond acceptors (Lipinski definition) is 3. The molecule has 1 aliphatic heterocycles. The Hall–Kier alpha value is -1.29. The highest BCUT2D eigenvalue weighted by atomic mass is 35.5. The predicted molar refractivity (Wildman–Crippen MR) is 73.3 cm³/mol. The van der Waals surface area contributed by atoms with Gasteiger partial charge < -0.3 is 4.90 Å². The second kappa shape index (κ2) is 5.57. The van der Waals surface area contributed by atoms with E-state index in [1.807, 2.05) is 12.1 Å². The van der Waals surface area contributed by atoms with Crippen molar-refractivity contribution in [2.75, 3.05) is 18.0 Å². The van der Waals surface area contributed by atoms with Gasteiger partial charge in [0.1, 0.15) is 0 Å². The molecule has 98 valence electrons. The molecule has 0 bridgehead atoms. The molecule has 1 aromatic rings. The molecular weight excluding hydrogens is 252 g/mol. The van der Waals surface area contributed by atoms with Gasteiger partial charge in [0.05, 0.1) is 10.8 Å². The molecule has 4 nitrogen and oxygen atoms in total. The molecule has 5 heteroatoms. The number of benzene rings is 1. The summed E-state index contributed by atoms with van der Waals surface area (Å²) in [6.45, 7) is 4.27. The van der Waals surface area contributed by atoms with Crippen molar-refractivity contribution in [3.8, 4) is 0 Å². The Bertz CT molecular complexity index is 451. The Morgan fingerprint density at radius 3 is 2.89 bits per heavy atom. The van der Waals surface area contributed by atoms with Gasteiger partial charge in [0.25, 0.3) is 5.69 Å². The first kappa shape index (κ1) is 13.1. The van der Waals surface area contributed by atoms with Gasteiger partial charge in [-0.05, 0) is 24.5 Å². The van der Waals surface area contributed by atoms with E-state index in [1.54, 1.807) is 6.07 Å². The van der Waals surface area contributed by atoms with E-state index in [0.717, 1.165) is 24.7 Å². The molecular formula is C13H17ClN2O2. The second-order valence-corrected chi connectivity index (χ2v) is 4.98. The zero-order chi connectivity index (χ0) is 13.1. The third-order valence-electron chi connectivity index (χ3n) is 3.63. The Labute approximate surface area is 112 Å². The van der Waals surface area contributed by atoms with Crippen LogP contribution in [0.2, 0.25) is 0 Å². The quantitative estimate of drug-likeness (QED) is 0.476. The smallest absolute Gasteiger partial charge is 0.273 e. The minimum Gasteiger partial charge on any atom is -0.371 e. The van der Waals surface area contributed by atoms with Gasteiger partial charge in [-0.3, -0.25) is 10.1 Å². The molecule has 0 N–H and O–H groups in total. The van der Waals surface area contributed by atoms with Crippen LogP contribution in [-0.2, 0) is 5.88 Å². The molecule has 1 unspecified atom stereocenters. The molecule has 1 saturated heterocycles. The van der Waals surface area contributed by atoms with E-state index in [-0.39, 0.29) is 16.5 Å². The third-order valence-corrected chi connectivity index (χ3v) is 3.92. The maximum atomic E-state index is 10.8. The first-order chi connectivity index (χ1) is 8.65. The van der Waals surface area contributed by atoms with E-state index in [2.05, 4.69) is 11.8 Å². The predicted octanol–water partition coefficient (Wildman–Crippen LogP) is 3.57. The van der Waals surface area contributed by atoms with Gasteiger partial charge in [0.15, 0.2) is 0 Å². The monoisotopic (exact) mass is 268 g/mol. The Morgan fingerprint density at radius 2 is 2.33 bits per heavy atom. The van der Waals surface area contributed by atoms with E-state index in [1.165, 1.54) is 12.8 Å². The van der Waals surface area contributed by atoms with Crippen molar-refractivity contribution in [1.82, 2.24) is 0 Å². The molecule has 1 aliphatic rings. The molecule has 1 aromatic carbocycles. The standard InChI is InChI=1S/C13H17ClN2O2/c1-2-10-5-6-15(9-10)12-3-4-13(16(17)18)11(7-12)8-14/h3-4,7,10H,2,5-6,8-9H2,1H3. The third kappa shape index (κ3) is 2.58. The summed E-state index contributed by atoms with van der Waals surface area (Å²) in [6.07, 6.45) is 2.38.